The molecule has 4 rings (SSSR count). The van der Waals surface area contributed by atoms with Crippen molar-refractivity contribution in [1.82, 2.24) is 0 Å². The van der Waals surface area contributed by atoms with E-state index in [-0.39, 0.29) is 17.9 Å². The second-order valence-corrected chi connectivity index (χ2v) is 5.88. The molecule has 2 aliphatic rings. The van der Waals surface area contributed by atoms with Crippen LogP contribution in [-0.4, -0.2) is 24.1 Å². The van der Waals surface area contributed by atoms with E-state index in [1.54, 1.807) is 0 Å². The van der Waals surface area contributed by atoms with Gasteiger partial charge in [-0.1, -0.05) is 36.4 Å². The Morgan fingerprint density at radius 2 is 2.09 bits per heavy atom. The summed E-state index contributed by atoms with van der Waals surface area (Å²) in [7, 11) is 0. The predicted octanol–water partition coefficient (Wildman–Crippen LogP) is 3.96. The van der Waals surface area contributed by atoms with Gasteiger partial charge in [-0.25, -0.2) is 0 Å². The number of carbonyl (C=O) groups is 1. The quantitative estimate of drug-likeness (QED) is 0.840. The molecule has 110 valence electrons. The highest BCUT2D eigenvalue weighted by Gasteiger charge is 2.29. The second-order valence-electron chi connectivity index (χ2n) is 5.88. The highest BCUT2D eigenvalue weighted by atomic mass is 16.5. The van der Waals surface area contributed by atoms with Gasteiger partial charge in [-0.05, 0) is 29.3 Å². The molecule has 0 aliphatic carbocycles. The summed E-state index contributed by atoms with van der Waals surface area (Å²) in [6, 6.07) is 12.1. The fourth-order valence-electron chi connectivity index (χ4n) is 3.29. The number of nitrogens with zero attached hydrogens (tertiary/aromatic N) is 1. The predicted molar refractivity (Wildman–Crippen MR) is 88.0 cm³/mol. The standard InChI is InChI=1S/C19H17NO2/c21-17-12-15(11-14-6-3-4-10-20-14)22-18-9-8-13-5-1-2-7-16(13)19(17)18/h1-5,7-10,14-15H,6,11-12H2. The lowest BCUT2D eigenvalue weighted by Gasteiger charge is -2.28. The van der Waals surface area contributed by atoms with Gasteiger partial charge in [0, 0.05) is 19.1 Å². The molecule has 3 nitrogen and oxygen atoms in total. The van der Waals surface area contributed by atoms with E-state index in [9.17, 15) is 4.79 Å². The molecule has 0 saturated heterocycles. The summed E-state index contributed by atoms with van der Waals surface area (Å²) in [6.45, 7) is 0. The van der Waals surface area contributed by atoms with Crippen LogP contribution in [0.1, 0.15) is 29.6 Å². The van der Waals surface area contributed by atoms with Gasteiger partial charge in [0.2, 0.25) is 0 Å². The van der Waals surface area contributed by atoms with Crippen molar-refractivity contribution in [2.24, 2.45) is 4.99 Å². The van der Waals surface area contributed by atoms with Crippen molar-refractivity contribution in [2.45, 2.75) is 31.4 Å². The largest absolute Gasteiger partial charge is 0.489 e. The molecule has 2 aromatic carbocycles. The zero-order chi connectivity index (χ0) is 14.9. The van der Waals surface area contributed by atoms with Gasteiger partial charge in [0.05, 0.1) is 11.6 Å². The number of aliphatic imine (C=N–C) groups is 1. The molecule has 3 heteroatoms. The van der Waals surface area contributed by atoms with Gasteiger partial charge in [-0.3, -0.25) is 9.79 Å². The van der Waals surface area contributed by atoms with Crippen molar-refractivity contribution in [2.75, 3.05) is 0 Å². The van der Waals surface area contributed by atoms with Crippen LogP contribution >= 0.6 is 0 Å². The minimum Gasteiger partial charge on any atom is -0.489 e. The molecule has 22 heavy (non-hydrogen) atoms. The fourth-order valence-corrected chi connectivity index (χ4v) is 3.29. The van der Waals surface area contributed by atoms with Crippen LogP contribution in [0.2, 0.25) is 0 Å². The number of dihydropyridines is 1. The molecule has 0 N–H and O–H groups in total. The Morgan fingerprint density at radius 3 is 2.95 bits per heavy atom. The fraction of sp³-hybridized carbons (Fsp3) is 0.263. The Balaban J connectivity index is 1.63. The maximum Gasteiger partial charge on any atom is 0.170 e. The molecule has 0 aromatic heterocycles. The number of Topliss-reactive ketones (excluding diaryl/α,β-unsaturated/α-hetero) is 1. The number of hydrogen-bond acceptors (Lipinski definition) is 3. The maximum atomic E-state index is 12.6. The lowest BCUT2D eigenvalue weighted by Crippen LogP contribution is -2.30. The second kappa shape index (κ2) is 5.41. The first-order chi connectivity index (χ1) is 10.8. The van der Waals surface area contributed by atoms with E-state index in [1.807, 2.05) is 48.7 Å². The van der Waals surface area contributed by atoms with E-state index in [4.69, 9.17) is 4.74 Å². The van der Waals surface area contributed by atoms with Crippen molar-refractivity contribution < 1.29 is 9.53 Å². The summed E-state index contributed by atoms with van der Waals surface area (Å²) < 4.78 is 6.09. The van der Waals surface area contributed by atoms with Gasteiger partial charge in [0.15, 0.2) is 5.78 Å². The van der Waals surface area contributed by atoms with Crippen molar-refractivity contribution in [3.8, 4) is 5.75 Å². The van der Waals surface area contributed by atoms with Gasteiger partial charge in [-0.15, -0.1) is 0 Å². The first-order valence-corrected chi connectivity index (χ1v) is 7.71. The van der Waals surface area contributed by atoms with Crippen molar-refractivity contribution in [3.05, 3.63) is 54.1 Å². The summed E-state index contributed by atoms with van der Waals surface area (Å²) in [6.07, 6.45) is 7.99. The minimum atomic E-state index is -0.0742. The molecular weight excluding hydrogens is 274 g/mol. The van der Waals surface area contributed by atoms with Crippen LogP contribution in [0.25, 0.3) is 10.8 Å². The lowest BCUT2D eigenvalue weighted by atomic mass is 9.92. The van der Waals surface area contributed by atoms with Crippen molar-refractivity contribution in [1.29, 1.82) is 0 Å². The van der Waals surface area contributed by atoms with E-state index in [0.717, 1.165) is 34.9 Å². The average molecular weight is 291 g/mol. The zero-order valence-electron chi connectivity index (χ0n) is 12.2. The van der Waals surface area contributed by atoms with Crippen LogP contribution in [0.5, 0.6) is 5.75 Å². The molecule has 0 bridgehead atoms. The molecular formula is C19H17NO2. The van der Waals surface area contributed by atoms with Crippen LogP contribution in [0.3, 0.4) is 0 Å². The summed E-state index contributed by atoms with van der Waals surface area (Å²) in [5.74, 6) is 0.897. The summed E-state index contributed by atoms with van der Waals surface area (Å²) >= 11 is 0. The van der Waals surface area contributed by atoms with E-state index >= 15 is 0 Å². The van der Waals surface area contributed by atoms with Crippen LogP contribution < -0.4 is 4.74 Å². The van der Waals surface area contributed by atoms with E-state index in [2.05, 4.69) is 11.1 Å². The zero-order valence-corrected chi connectivity index (χ0v) is 12.2. The molecule has 0 saturated carbocycles. The number of ether oxygens (including phenoxy) is 1. The molecule has 0 fully saturated rings. The highest BCUT2D eigenvalue weighted by Crippen LogP contribution is 2.35. The SMILES string of the molecule is O=C1CC(CC2CC=CC=N2)Oc2ccc3ccccc3c21. The Labute approximate surface area is 129 Å². The van der Waals surface area contributed by atoms with Crippen LogP contribution in [-0.2, 0) is 0 Å². The Morgan fingerprint density at radius 1 is 1.18 bits per heavy atom. The van der Waals surface area contributed by atoms with Gasteiger partial charge in [-0.2, -0.15) is 0 Å². The summed E-state index contributed by atoms with van der Waals surface area (Å²) in [5.41, 5.74) is 0.737. The third-order valence-corrected chi connectivity index (χ3v) is 4.34. The number of fused-ring (bicyclic) bond motifs is 3. The molecule has 0 radical (unpaired) electrons. The third-order valence-electron chi connectivity index (χ3n) is 4.34. The van der Waals surface area contributed by atoms with Gasteiger partial charge < -0.3 is 4.74 Å². The molecule has 0 amide bonds. The van der Waals surface area contributed by atoms with E-state index < -0.39 is 0 Å². The van der Waals surface area contributed by atoms with Crippen molar-refractivity contribution in [3.63, 3.8) is 0 Å². The summed E-state index contributed by atoms with van der Waals surface area (Å²) in [4.78, 5) is 17.1. The maximum absolute atomic E-state index is 12.6. The van der Waals surface area contributed by atoms with Crippen LogP contribution in [0.4, 0.5) is 0 Å². The van der Waals surface area contributed by atoms with E-state index in [1.165, 1.54) is 0 Å². The first-order valence-electron chi connectivity index (χ1n) is 7.71. The molecule has 0 spiro atoms. The lowest BCUT2D eigenvalue weighted by molar-refractivity contribution is 0.0833. The highest BCUT2D eigenvalue weighted by molar-refractivity contribution is 6.11. The van der Waals surface area contributed by atoms with Crippen LogP contribution in [0.15, 0.2) is 53.5 Å². The smallest absolute Gasteiger partial charge is 0.170 e. The van der Waals surface area contributed by atoms with Crippen molar-refractivity contribution >= 4 is 22.8 Å². The summed E-state index contributed by atoms with van der Waals surface area (Å²) in [5, 5.41) is 2.07. The monoisotopic (exact) mass is 291 g/mol. The van der Waals surface area contributed by atoms with Gasteiger partial charge in [0.25, 0.3) is 0 Å². The number of hydrogen-bond donors (Lipinski definition) is 0. The molecule has 2 heterocycles. The molecule has 2 unspecified atom stereocenters. The Bertz CT molecular complexity index is 791. The number of ketones is 1. The van der Waals surface area contributed by atoms with E-state index in [0.29, 0.717) is 6.42 Å². The first kappa shape index (κ1) is 13.3. The minimum absolute atomic E-state index is 0.0742. The third kappa shape index (κ3) is 2.33. The molecule has 2 aliphatic heterocycles. The number of carbonyl (C=O) groups excluding carboxylic acids is 1. The number of rotatable bonds is 2. The van der Waals surface area contributed by atoms with Crippen LogP contribution in [0, 0.1) is 0 Å². The number of benzene rings is 2. The topological polar surface area (TPSA) is 38.7 Å². The normalized spacial score (nSPS) is 23.4. The Kier molecular flexibility index (Phi) is 3.26. The number of allylic oxidation sites excluding steroid dienone is 1. The molecule has 2 aromatic rings. The Hall–Kier alpha value is -2.42. The molecule has 2 atom stereocenters. The van der Waals surface area contributed by atoms with Gasteiger partial charge >= 0.3 is 0 Å². The average Bonchev–Trinajstić information content (AvgIpc) is 2.55. The van der Waals surface area contributed by atoms with Gasteiger partial charge in [0.1, 0.15) is 11.9 Å².